The number of aromatic nitrogens is 2. The Labute approximate surface area is 125 Å². The minimum Gasteiger partial charge on any atom is -0.494 e. The van der Waals surface area contributed by atoms with Gasteiger partial charge in [-0.15, -0.1) is 0 Å². The largest absolute Gasteiger partial charge is 0.494 e. The van der Waals surface area contributed by atoms with Gasteiger partial charge in [0.2, 0.25) is 5.95 Å². The number of fused-ring (bicyclic) bond motifs is 1. The molecule has 102 valence electrons. The normalized spacial score (nSPS) is 10.9. The molecule has 0 amide bonds. The summed E-state index contributed by atoms with van der Waals surface area (Å²) in [6.45, 7) is 2.05. The highest BCUT2D eigenvalue weighted by Crippen LogP contribution is 2.30. The molecule has 0 aliphatic carbocycles. The van der Waals surface area contributed by atoms with E-state index in [1.165, 1.54) is 5.56 Å². The SMILES string of the molecule is COc1cccc2c1nc(N)n2-c1ccc(C)c(Br)c1. The summed E-state index contributed by atoms with van der Waals surface area (Å²) >= 11 is 3.55. The van der Waals surface area contributed by atoms with E-state index in [0.717, 1.165) is 26.9 Å². The van der Waals surface area contributed by atoms with Gasteiger partial charge in [0.25, 0.3) is 0 Å². The van der Waals surface area contributed by atoms with Crippen molar-refractivity contribution in [2.45, 2.75) is 6.92 Å². The smallest absolute Gasteiger partial charge is 0.206 e. The maximum absolute atomic E-state index is 6.08. The minimum absolute atomic E-state index is 0.445. The Bertz CT molecular complexity index is 795. The molecule has 3 aromatic rings. The van der Waals surface area contributed by atoms with Crippen LogP contribution < -0.4 is 10.5 Å². The molecule has 2 aromatic carbocycles. The number of rotatable bonds is 2. The number of para-hydroxylation sites is 1. The Balaban J connectivity index is 2.30. The van der Waals surface area contributed by atoms with E-state index in [9.17, 15) is 0 Å². The molecule has 0 spiro atoms. The van der Waals surface area contributed by atoms with Crippen molar-refractivity contribution in [2.75, 3.05) is 12.8 Å². The number of methoxy groups -OCH3 is 1. The molecule has 1 aromatic heterocycles. The van der Waals surface area contributed by atoms with Gasteiger partial charge in [0.05, 0.1) is 18.3 Å². The zero-order valence-electron chi connectivity index (χ0n) is 11.2. The number of nitrogens with two attached hydrogens (primary N) is 1. The minimum atomic E-state index is 0.445. The molecule has 2 N–H and O–H groups in total. The zero-order chi connectivity index (χ0) is 14.3. The summed E-state index contributed by atoms with van der Waals surface area (Å²) in [7, 11) is 1.63. The van der Waals surface area contributed by atoms with Gasteiger partial charge in [-0.3, -0.25) is 4.57 Å². The van der Waals surface area contributed by atoms with Gasteiger partial charge in [0.1, 0.15) is 11.3 Å². The lowest BCUT2D eigenvalue weighted by Crippen LogP contribution is -2.00. The number of anilines is 1. The number of nitrogen functional groups attached to an aromatic ring is 1. The van der Waals surface area contributed by atoms with Gasteiger partial charge in [0, 0.05) is 4.47 Å². The quantitative estimate of drug-likeness (QED) is 0.779. The van der Waals surface area contributed by atoms with Crippen LogP contribution in [0.25, 0.3) is 16.7 Å². The number of hydrogen-bond donors (Lipinski definition) is 1. The lowest BCUT2D eigenvalue weighted by Gasteiger charge is -2.08. The molecule has 0 aliphatic heterocycles. The van der Waals surface area contributed by atoms with Crippen molar-refractivity contribution in [1.82, 2.24) is 9.55 Å². The summed E-state index contributed by atoms with van der Waals surface area (Å²) in [6.07, 6.45) is 0. The van der Waals surface area contributed by atoms with Crippen LogP contribution in [0.2, 0.25) is 0 Å². The molecule has 3 rings (SSSR count). The number of imidazole rings is 1. The van der Waals surface area contributed by atoms with Crippen LogP contribution in [0, 0.1) is 6.92 Å². The van der Waals surface area contributed by atoms with Crippen molar-refractivity contribution < 1.29 is 4.74 Å². The van der Waals surface area contributed by atoms with E-state index in [2.05, 4.69) is 20.9 Å². The fourth-order valence-corrected chi connectivity index (χ4v) is 2.62. The zero-order valence-corrected chi connectivity index (χ0v) is 12.8. The Kier molecular flexibility index (Phi) is 3.14. The topological polar surface area (TPSA) is 53.1 Å². The predicted molar refractivity (Wildman–Crippen MR) is 84.5 cm³/mol. The van der Waals surface area contributed by atoms with Gasteiger partial charge in [-0.2, -0.15) is 0 Å². The highest BCUT2D eigenvalue weighted by Gasteiger charge is 2.13. The van der Waals surface area contributed by atoms with Gasteiger partial charge in [-0.25, -0.2) is 4.98 Å². The van der Waals surface area contributed by atoms with Gasteiger partial charge in [-0.05, 0) is 36.8 Å². The summed E-state index contributed by atoms with van der Waals surface area (Å²) in [4.78, 5) is 4.41. The molecule has 0 aliphatic rings. The monoisotopic (exact) mass is 331 g/mol. The van der Waals surface area contributed by atoms with Gasteiger partial charge in [0.15, 0.2) is 0 Å². The molecule has 0 fully saturated rings. The Hall–Kier alpha value is -2.01. The van der Waals surface area contributed by atoms with E-state index in [0.29, 0.717) is 5.95 Å². The average molecular weight is 332 g/mol. The van der Waals surface area contributed by atoms with Crippen LogP contribution in [0.4, 0.5) is 5.95 Å². The van der Waals surface area contributed by atoms with Crippen molar-refractivity contribution in [1.29, 1.82) is 0 Å². The predicted octanol–water partition coefficient (Wildman–Crippen LogP) is 3.69. The van der Waals surface area contributed by atoms with Gasteiger partial charge in [-0.1, -0.05) is 28.1 Å². The second-order valence-corrected chi connectivity index (χ2v) is 5.42. The standard InChI is InChI=1S/C15H14BrN3O/c1-9-6-7-10(8-11(9)16)19-12-4-3-5-13(20-2)14(12)18-15(19)17/h3-8H,1-2H3,(H2,17,18). The average Bonchev–Trinajstić information content (AvgIpc) is 2.78. The Morgan fingerprint density at radius 3 is 2.75 bits per heavy atom. The third-order valence-electron chi connectivity index (χ3n) is 3.31. The Morgan fingerprint density at radius 2 is 2.05 bits per heavy atom. The summed E-state index contributed by atoms with van der Waals surface area (Å²) < 4.78 is 8.29. The highest BCUT2D eigenvalue weighted by atomic mass is 79.9. The summed E-state index contributed by atoms with van der Waals surface area (Å²) in [5.41, 5.74) is 9.92. The fourth-order valence-electron chi connectivity index (χ4n) is 2.25. The van der Waals surface area contributed by atoms with Crippen LogP contribution in [0.15, 0.2) is 40.9 Å². The lowest BCUT2D eigenvalue weighted by molar-refractivity contribution is 0.419. The molecular weight excluding hydrogens is 318 g/mol. The number of ether oxygens (including phenoxy) is 1. The second kappa shape index (κ2) is 4.83. The second-order valence-electron chi connectivity index (χ2n) is 4.57. The number of hydrogen-bond acceptors (Lipinski definition) is 3. The van der Waals surface area contributed by atoms with Gasteiger partial charge < -0.3 is 10.5 Å². The molecule has 0 saturated heterocycles. The van der Waals surface area contributed by atoms with E-state index in [1.54, 1.807) is 7.11 Å². The van der Waals surface area contributed by atoms with Crippen LogP contribution in [-0.2, 0) is 0 Å². The maximum Gasteiger partial charge on any atom is 0.206 e. The van der Waals surface area contributed by atoms with Crippen molar-refractivity contribution >= 4 is 32.9 Å². The van der Waals surface area contributed by atoms with Crippen LogP contribution in [0.5, 0.6) is 5.75 Å². The van der Waals surface area contributed by atoms with Crippen molar-refractivity contribution in [3.05, 3.63) is 46.4 Å². The van der Waals surface area contributed by atoms with Crippen molar-refractivity contribution in [3.8, 4) is 11.4 Å². The van der Waals surface area contributed by atoms with Crippen LogP contribution in [0.3, 0.4) is 0 Å². The molecule has 0 bridgehead atoms. The first kappa shape index (κ1) is 13.0. The van der Waals surface area contributed by atoms with E-state index in [4.69, 9.17) is 10.5 Å². The number of aryl methyl sites for hydroxylation is 1. The molecule has 0 radical (unpaired) electrons. The van der Waals surface area contributed by atoms with Crippen molar-refractivity contribution in [2.24, 2.45) is 0 Å². The number of nitrogens with zero attached hydrogens (tertiary/aromatic N) is 2. The molecule has 0 unspecified atom stereocenters. The summed E-state index contributed by atoms with van der Waals surface area (Å²) in [5.74, 6) is 1.17. The first-order valence-corrected chi connectivity index (χ1v) is 6.98. The molecular formula is C15H14BrN3O. The first-order valence-electron chi connectivity index (χ1n) is 6.19. The molecule has 20 heavy (non-hydrogen) atoms. The molecule has 1 heterocycles. The first-order chi connectivity index (χ1) is 9.61. The van der Waals surface area contributed by atoms with E-state index in [1.807, 2.05) is 47.9 Å². The maximum atomic E-state index is 6.08. The molecule has 5 heteroatoms. The molecule has 0 saturated carbocycles. The Morgan fingerprint density at radius 1 is 1.25 bits per heavy atom. The fraction of sp³-hybridized carbons (Fsp3) is 0.133. The van der Waals surface area contributed by atoms with Gasteiger partial charge >= 0.3 is 0 Å². The lowest BCUT2D eigenvalue weighted by atomic mass is 10.2. The molecule has 4 nitrogen and oxygen atoms in total. The third-order valence-corrected chi connectivity index (χ3v) is 4.16. The van der Waals surface area contributed by atoms with E-state index in [-0.39, 0.29) is 0 Å². The highest BCUT2D eigenvalue weighted by molar-refractivity contribution is 9.10. The van der Waals surface area contributed by atoms with E-state index < -0.39 is 0 Å². The number of benzene rings is 2. The van der Waals surface area contributed by atoms with Crippen LogP contribution >= 0.6 is 15.9 Å². The third kappa shape index (κ3) is 1.94. The van der Waals surface area contributed by atoms with Crippen LogP contribution in [-0.4, -0.2) is 16.7 Å². The molecule has 0 atom stereocenters. The summed E-state index contributed by atoms with van der Waals surface area (Å²) in [6, 6.07) is 11.9. The number of halogens is 1. The van der Waals surface area contributed by atoms with E-state index >= 15 is 0 Å². The van der Waals surface area contributed by atoms with Crippen molar-refractivity contribution in [3.63, 3.8) is 0 Å². The van der Waals surface area contributed by atoms with Crippen LogP contribution in [0.1, 0.15) is 5.56 Å². The summed E-state index contributed by atoms with van der Waals surface area (Å²) in [5, 5.41) is 0.